The lowest BCUT2D eigenvalue weighted by Gasteiger charge is -2.10. The molecule has 0 spiro atoms. The number of anilines is 1. The van der Waals surface area contributed by atoms with Gasteiger partial charge in [0, 0.05) is 32.9 Å². The number of halogens is 2. The zero-order chi connectivity index (χ0) is 22.3. The van der Waals surface area contributed by atoms with Gasteiger partial charge < -0.3 is 19.5 Å². The van der Waals surface area contributed by atoms with Crippen LogP contribution >= 0.6 is 23.2 Å². The van der Waals surface area contributed by atoms with E-state index in [0.717, 1.165) is 11.3 Å². The molecule has 164 valence electrons. The van der Waals surface area contributed by atoms with Crippen molar-refractivity contribution in [2.24, 2.45) is 5.10 Å². The molecule has 1 aliphatic rings. The number of fused-ring (bicyclic) bond motifs is 1. The third-order valence-corrected chi connectivity index (χ3v) is 5.12. The molecule has 0 fully saturated rings. The summed E-state index contributed by atoms with van der Waals surface area (Å²) < 4.78 is 16.5. The first-order valence-corrected chi connectivity index (χ1v) is 10.5. The van der Waals surface area contributed by atoms with Crippen LogP contribution in [-0.2, 0) is 11.4 Å². The van der Waals surface area contributed by atoms with Gasteiger partial charge in [-0.15, -0.1) is 0 Å². The summed E-state index contributed by atoms with van der Waals surface area (Å²) in [5, 5.41) is 8.14. The average Bonchev–Trinajstić information content (AvgIpc) is 3.26. The lowest BCUT2D eigenvalue weighted by atomic mass is 10.2. The molecule has 3 aromatic rings. The van der Waals surface area contributed by atoms with Gasteiger partial charge in [-0.2, -0.15) is 5.10 Å². The Hall–Kier alpha value is -3.42. The molecule has 4 rings (SSSR count). The van der Waals surface area contributed by atoms with Crippen molar-refractivity contribution in [3.05, 3.63) is 81.8 Å². The lowest BCUT2D eigenvalue weighted by molar-refractivity contribution is -0.119. The Bertz CT molecular complexity index is 1150. The molecule has 0 aliphatic carbocycles. The molecule has 1 heterocycles. The summed E-state index contributed by atoms with van der Waals surface area (Å²) in [6, 6.07) is 18.0. The molecule has 7 nitrogen and oxygen atoms in total. The SMILES string of the molecule is O=C(CNc1ccc2c(c1)OCO2)N/N=C\c1ccccc1OCc1ccc(Cl)cc1Cl. The van der Waals surface area contributed by atoms with Crippen molar-refractivity contribution in [2.75, 3.05) is 18.7 Å². The van der Waals surface area contributed by atoms with Crippen LogP contribution in [0, 0.1) is 0 Å². The first-order chi connectivity index (χ1) is 15.6. The number of para-hydroxylation sites is 1. The van der Waals surface area contributed by atoms with Gasteiger partial charge in [0.2, 0.25) is 6.79 Å². The summed E-state index contributed by atoms with van der Waals surface area (Å²) >= 11 is 12.1. The second kappa shape index (κ2) is 10.3. The smallest absolute Gasteiger partial charge is 0.259 e. The first-order valence-electron chi connectivity index (χ1n) is 9.70. The number of carbonyl (C=O) groups excluding carboxylic acids is 1. The molecule has 3 aromatic carbocycles. The zero-order valence-corrected chi connectivity index (χ0v) is 18.3. The van der Waals surface area contributed by atoms with E-state index in [2.05, 4.69) is 15.8 Å². The summed E-state index contributed by atoms with van der Waals surface area (Å²) in [7, 11) is 0. The fraction of sp³-hybridized carbons (Fsp3) is 0.130. The molecule has 0 atom stereocenters. The second-order valence-corrected chi connectivity index (χ2v) is 7.62. The molecule has 1 amide bonds. The molecule has 0 saturated carbocycles. The number of hydrazone groups is 1. The maximum Gasteiger partial charge on any atom is 0.259 e. The maximum atomic E-state index is 12.1. The van der Waals surface area contributed by atoms with Crippen molar-refractivity contribution in [3.63, 3.8) is 0 Å². The van der Waals surface area contributed by atoms with Crippen molar-refractivity contribution in [1.29, 1.82) is 0 Å². The van der Waals surface area contributed by atoms with Gasteiger partial charge in [0.15, 0.2) is 11.5 Å². The molecular formula is C23H19Cl2N3O4. The van der Waals surface area contributed by atoms with Crippen LogP contribution in [0.2, 0.25) is 10.0 Å². The molecule has 0 aromatic heterocycles. The number of nitrogens with one attached hydrogen (secondary N) is 2. The minimum atomic E-state index is -0.301. The van der Waals surface area contributed by atoms with E-state index < -0.39 is 0 Å². The topological polar surface area (TPSA) is 81.2 Å². The van der Waals surface area contributed by atoms with Crippen molar-refractivity contribution >= 4 is 41.0 Å². The number of benzene rings is 3. The van der Waals surface area contributed by atoms with E-state index in [1.807, 2.05) is 36.4 Å². The molecule has 0 saturated heterocycles. The average molecular weight is 472 g/mol. The van der Waals surface area contributed by atoms with Crippen molar-refractivity contribution < 1.29 is 19.0 Å². The number of hydrogen-bond acceptors (Lipinski definition) is 6. The van der Waals surface area contributed by atoms with Gasteiger partial charge in [0.1, 0.15) is 12.4 Å². The number of carbonyl (C=O) groups is 1. The fourth-order valence-electron chi connectivity index (χ4n) is 2.92. The summed E-state index contributed by atoms with van der Waals surface area (Å²) in [6.07, 6.45) is 1.53. The number of nitrogens with zero attached hydrogens (tertiary/aromatic N) is 1. The van der Waals surface area contributed by atoms with Crippen LogP contribution in [0.4, 0.5) is 5.69 Å². The summed E-state index contributed by atoms with van der Waals surface area (Å²) in [6.45, 7) is 0.517. The van der Waals surface area contributed by atoms with Crippen molar-refractivity contribution in [3.8, 4) is 17.2 Å². The summed E-state index contributed by atoms with van der Waals surface area (Å²) in [5.74, 6) is 1.63. The number of ether oxygens (including phenoxy) is 3. The highest BCUT2D eigenvalue weighted by Crippen LogP contribution is 2.34. The van der Waals surface area contributed by atoms with Gasteiger partial charge in [-0.3, -0.25) is 4.79 Å². The Morgan fingerprint density at radius 2 is 1.91 bits per heavy atom. The highest BCUT2D eigenvalue weighted by atomic mass is 35.5. The van der Waals surface area contributed by atoms with Crippen LogP contribution in [0.15, 0.2) is 65.8 Å². The van der Waals surface area contributed by atoms with Gasteiger partial charge in [-0.05, 0) is 36.4 Å². The van der Waals surface area contributed by atoms with Gasteiger partial charge in [0.25, 0.3) is 5.91 Å². The first kappa shape index (κ1) is 21.8. The van der Waals surface area contributed by atoms with Crippen LogP contribution in [-0.4, -0.2) is 25.5 Å². The van der Waals surface area contributed by atoms with Crippen LogP contribution in [0.3, 0.4) is 0 Å². The van der Waals surface area contributed by atoms with Gasteiger partial charge in [0.05, 0.1) is 12.8 Å². The molecule has 2 N–H and O–H groups in total. The molecule has 0 unspecified atom stereocenters. The number of hydrogen-bond donors (Lipinski definition) is 2. The number of amides is 1. The highest BCUT2D eigenvalue weighted by molar-refractivity contribution is 6.35. The molecular weight excluding hydrogens is 453 g/mol. The monoisotopic (exact) mass is 471 g/mol. The Labute approximate surface area is 194 Å². The van der Waals surface area contributed by atoms with Crippen LogP contribution in [0.5, 0.6) is 17.2 Å². The van der Waals surface area contributed by atoms with Crippen LogP contribution < -0.4 is 25.0 Å². The Morgan fingerprint density at radius 3 is 2.78 bits per heavy atom. The molecule has 0 radical (unpaired) electrons. The highest BCUT2D eigenvalue weighted by Gasteiger charge is 2.13. The normalized spacial score (nSPS) is 12.1. The van der Waals surface area contributed by atoms with Gasteiger partial charge in [-0.25, -0.2) is 5.43 Å². The Morgan fingerprint density at radius 1 is 1.06 bits per heavy atom. The minimum Gasteiger partial charge on any atom is -0.488 e. The standard InChI is InChI=1S/C23H19Cl2N3O4/c24-17-6-5-16(19(25)9-17)13-30-20-4-2-1-3-15(20)11-27-28-23(29)12-26-18-7-8-21-22(10-18)32-14-31-21/h1-11,26H,12-14H2,(H,28,29)/b27-11-. The van der Waals surface area contributed by atoms with E-state index in [9.17, 15) is 4.79 Å². The van der Waals surface area contributed by atoms with Gasteiger partial charge in [-0.1, -0.05) is 41.4 Å². The van der Waals surface area contributed by atoms with Crippen molar-refractivity contribution in [1.82, 2.24) is 5.43 Å². The van der Waals surface area contributed by atoms with Gasteiger partial charge >= 0.3 is 0 Å². The predicted molar refractivity (Wildman–Crippen MR) is 124 cm³/mol. The van der Waals surface area contributed by atoms with E-state index in [1.54, 1.807) is 24.3 Å². The van der Waals surface area contributed by atoms with E-state index >= 15 is 0 Å². The second-order valence-electron chi connectivity index (χ2n) is 6.78. The lowest BCUT2D eigenvalue weighted by Crippen LogP contribution is -2.25. The molecule has 9 heteroatoms. The van der Waals surface area contributed by atoms with E-state index in [4.69, 9.17) is 37.4 Å². The predicted octanol–water partition coefficient (Wildman–Crippen LogP) is 4.86. The minimum absolute atomic E-state index is 0.0458. The number of rotatable bonds is 8. The molecule has 0 bridgehead atoms. The van der Waals surface area contributed by atoms with Crippen LogP contribution in [0.1, 0.15) is 11.1 Å². The van der Waals surface area contributed by atoms with Crippen molar-refractivity contribution in [2.45, 2.75) is 6.61 Å². The molecule has 1 aliphatic heterocycles. The third-order valence-electron chi connectivity index (χ3n) is 4.54. The Balaban J connectivity index is 1.30. The fourth-order valence-corrected chi connectivity index (χ4v) is 3.38. The maximum absolute atomic E-state index is 12.1. The quantitative estimate of drug-likeness (QED) is 0.362. The Kier molecular flexibility index (Phi) is 6.99. The summed E-state index contributed by atoms with van der Waals surface area (Å²) in [4.78, 5) is 12.1. The zero-order valence-electron chi connectivity index (χ0n) is 16.8. The van der Waals surface area contributed by atoms with Crippen LogP contribution in [0.25, 0.3) is 0 Å². The van der Waals surface area contributed by atoms with E-state index in [1.165, 1.54) is 6.21 Å². The van der Waals surface area contributed by atoms with E-state index in [-0.39, 0.29) is 25.9 Å². The van der Waals surface area contributed by atoms with E-state index in [0.29, 0.717) is 32.9 Å². The summed E-state index contributed by atoms with van der Waals surface area (Å²) in [5.41, 5.74) is 4.75. The molecule has 32 heavy (non-hydrogen) atoms. The largest absolute Gasteiger partial charge is 0.488 e. The third kappa shape index (κ3) is 5.63.